The number of unbranched alkanes of at least 4 members (excludes halogenated alkanes) is 1. The average molecular weight is 506 g/mol. The fraction of sp³-hybridized carbons (Fsp3) is 0.185. The zero-order valence-electron chi connectivity index (χ0n) is 19.5. The summed E-state index contributed by atoms with van der Waals surface area (Å²) >= 11 is 0. The van der Waals surface area contributed by atoms with Gasteiger partial charge in [0, 0.05) is 12.1 Å². The Balaban J connectivity index is 1.14. The lowest BCUT2D eigenvalue weighted by molar-refractivity contribution is -0.274. The molecule has 4 aromatic rings. The largest absolute Gasteiger partial charge is 0.573 e. The van der Waals surface area contributed by atoms with E-state index in [0.29, 0.717) is 35.6 Å². The minimum absolute atomic E-state index is 0.234. The molecule has 1 aliphatic rings. The highest BCUT2D eigenvalue weighted by molar-refractivity contribution is 6.21. The Morgan fingerprint density at radius 1 is 0.811 bits per heavy atom. The predicted molar refractivity (Wildman–Crippen MR) is 128 cm³/mol. The molecule has 10 heteroatoms. The van der Waals surface area contributed by atoms with E-state index in [0.717, 1.165) is 24.0 Å². The Hall–Kier alpha value is -4.47. The van der Waals surface area contributed by atoms with E-state index in [1.807, 2.05) is 24.3 Å². The molecule has 3 aromatic carbocycles. The minimum Gasteiger partial charge on any atom is -0.406 e. The van der Waals surface area contributed by atoms with Crippen LogP contribution in [0.4, 0.5) is 13.2 Å². The van der Waals surface area contributed by atoms with Crippen molar-refractivity contribution in [3.05, 3.63) is 95.8 Å². The van der Waals surface area contributed by atoms with Crippen molar-refractivity contribution in [3.8, 4) is 22.8 Å². The van der Waals surface area contributed by atoms with Crippen LogP contribution >= 0.6 is 0 Å². The van der Waals surface area contributed by atoms with Gasteiger partial charge in [0.2, 0.25) is 0 Å². The third kappa shape index (κ3) is 5.37. The van der Waals surface area contributed by atoms with Crippen molar-refractivity contribution in [2.45, 2.75) is 25.6 Å². The van der Waals surface area contributed by atoms with Crippen LogP contribution in [0.25, 0.3) is 17.1 Å². The van der Waals surface area contributed by atoms with Gasteiger partial charge in [-0.3, -0.25) is 14.5 Å². The summed E-state index contributed by atoms with van der Waals surface area (Å²) in [7, 11) is 0. The van der Waals surface area contributed by atoms with Gasteiger partial charge in [0.1, 0.15) is 12.1 Å². The second kappa shape index (κ2) is 9.88. The first-order valence-corrected chi connectivity index (χ1v) is 11.6. The molecule has 37 heavy (non-hydrogen) atoms. The van der Waals surface area contributed by atoms with Crippen LogP contribution in [0.15, 0.2) is 79.1 Å². The molecule has 0 aliphatic carbocycles. The normalized spacial score (nSPS) is 13.2. The summed E-state index contributed by atoms with van der Waals surface area (Å²) in [4.78, 5) is 30.5. The van der Waals surface area contributed by atoms with Gasteiger partial charge in [-0.1, -0.05) is 36.4 Å². The SMILES string of the molecule is O=C1c2ccccc2C(=O)N1CCCCc1ccc(-c2ncn(-c3ccc(OC(F)(F)F)cc3)n2)cc1. The first kappa shape index (κ1) is 24.2. The zero-order chi connectivity index (χ0) is 26.0. The number of hydrogen-bond acceptors (Lipinski definition) is 5. The highest BCUT2D eigenvalue weighted by Gasteiger charge is 2.34. The summed E-state index contributed by atoms with van der Waals surface area (Å²) in [5.74, 6) is -0.298. The first-order chi connectivity index (χ1) is 17.8. The second-order valence-electron chi connectivity index (χ2n) is 8.52. The summed E-state index contributed by atoms with van der Waals surface area (Å²) in [5.41, 5.74) is 3.37. The predicted octanol–water partition coefficient (Wildman–Crippen LogP) is 5.45. The first-order valence-electron chi connectivity index (χ1n) is 11.6. The Kier molecular flexibility index (Phi) is 6.47. The monoisotopic (exact) mass is 506 g/mol. The van der Waals surface area contributed by atoms with Gasteiger partial charge in [0.05, 0.1) is 16.8 Å². The van der Waals surface area contributed by atoms with Crippen LogP contribution in [-0.4, -0.2) is 44.4 Å². The van der Waals surface area contributed by atoms with Crippen molar-refractivity contribution in [3.63, 3.8) is 0 Å². The number of carbonyl (C=O) groups excluding carboxylic acids is 2. The van der Waals surface area contributed by atoms with Crippen LogP contribution in [0.2, 0.25) is 0 Å². The number of fused-ring (bicyclic) bond motifs is 1. The Labute approximate surface area is 210 Å². The molecule has 0 atom stereocenters. The number of imide groups is 1. The molecule has 0 radical (unpaired) electrons. The Bertz CT molecular complexity index is 1400. The fourth-order valence-electron chi connectivity index (χ4n) is 4.18. The van der Waals surface area contributed by atoms with Crippen LogP contribution < -0.4 is 4.74 Å². The number of halogens is 3. The van der Waals surface area contributed by atoms with E-state index in [1.165, 1.54) is 40.2 Å². The van der Waals surface area contributed by atoms with Gasteiger partial charge < -0.3 is 4.74 Å². The molecule has 0 unspecified atom stereocenters. The molecular weight excluding hydrogens is 485 g/mol. The molecule has 0 N–H and O–H groups in total. The molecule has 5 rings (SSSR count). The standard InChI is InChI=1S/C27H21F3N4O3/c28-27(29,30)37-21-14-12-20(13-15-21)34-17-31-24(32-34)19-10-8-18(9-11-19)5-3-4-16-33-25(35)22-6-1-2-7-23(22)26(33)36/h1-2,6-15,17H,3-5,16H2. The van der Waals surface area contributed by atoms with E-state index in [2.05, 4.69) is 14.8 Å². The highest BCUT2D eigenvalue weighted by atomic mass is 19.4. The third-order valence-electron chi connectivity index (χ3n) is 6.01. The minimum atomic E-state index is -4.74. The van der Waals surface area contributed by atoms with E-state index in [4.69, 9.17) is 0 Å². The van der Waals surface area contributed by atoms with Crippen molar-refractivity contribution in [2.24, 2.45) is 0 Å². The lowest BCUT2D eigenvalue weighted by Gasteiger charge is -2.13. The number of aromatic nitrogens is 3. The van der Waals surface area contributed by atoms with E-state index < -0.39 is 6.36 Å². The average Bonchev–Trinajstić information content (AvgIpc) is 3.46. The van der Waals surface area contributed by atoms with Crippen molar-refractivity contribution < 1.29 is 27.5 Å². The maximum atomic E-state index is 12.4. The number of hydrogen-bond donors (Lipinski definition) is 0. The van der Waals surface area contributed by atoms with E-state index in [1.54, 1.807) is 24.3 Å². The molecule has 2 heterocycles. The van der Waals surface area contributed by atoms with Gasteiger partial charge in [-0.2, -0.15) is 0 Å². The molecule has 188 valence electrons. The number of carbonyl (C=O) groups is 2. The van der Waals surface area contributed by atoms with Gasteiger partial charge >= 0.3 is 6.36 Å². The summed E-state index contributed by atoms with van der Waals surface area (Å²) < 4.78 is 42.4. The van der Waals surface area contributed by atoms with Crippen molar-refractivity contribution >= 4 is 11.8 Å². The van der Waals surface area contributed by atoms with E-state index >= 15 is 0 Å². The third-order valence-corrected chi connectivity index (χ3v) is 6.01. The van der Waals surface area contributed by atoms with Crippen LogP contribution in [0, 0.1) is 0 Å². The van der Waals surface area contributed by atoms with Gasteiger partial charge in [-0.05, 0) is 61.2 Å². The number of alkyl halides is 3. The maximum Gasteiger partial charge on any atom is 0.573 e. The summed E-state index contributed by atoms with van der Waals surface area (Å²) in [6.45, 7) is 0.384. The van der Waals surface area contributed by atoms with Crippen molar-refractivity contribution in [1.29, 1.82) is 0 Å². The van der Waals surface area contributed by atoms with Gasteiger partial charge in [-0.15, -0.1) is 18.3 Å². The van der Waals surface area contributed by atoms with Crippen LogP contribution in [-0.2, 0) is 6.42 Å². The second-order valence-corrected chi connectivity index (χ2v) is 8.52. The lowest BCUT2D eigenvalue weighted by atomic mass is 10.1. The van der Waals surface area contributed by atoms with Gasteiger partial charge in [0.15, 0.2) is 5.82 Å². The van der Waals surface area contributed by atoms with Crippen LogP contribution in [0.5, 0.6) is 5.75 Å². The number of benzene rings is 3. The van der Waals surface area contributed by atoms with Crippen LogP contribution in [0.1, 0.15) is 39.1 Å². The van der Waals surface area contributed by atoms with Crippen LogP contribution in [0.3, 0.4) is 0 Å². The van der Waals surface area contributed by atoms with Crippen molar-refractivity contribution in [2.75, 3.05) is 6.54 Å². The molecule has 0 saturated carbocycles. The number of rotatable bonds is 8. The molecule has 1 aliphatic heterocycles. The molecule has 0 bridgehead atoms. The fourth-order valence-corrected chi connectivity index (χ4v) is 4.18. The summed E-state index contributed by atoms with van der Waals surface area (Å²) in [5, 5.41) is 4.41. The number of aryl methyl sites for hydroxylation is 1. The lowest BCUT2D eigenvalue weighted by Crippen LogP contribution is -2.30. The smallest absolute Gasteiger partial charge is 0.406 e. The maximum absolute atomic E-state index is 12.4. The van der Waals surface area contributed by atoms with E-state index in [-0.39, 0.29) is 17.6 Å². The number of amides is 2. The molecule has 7 nitrogen and oxygen atoms in total. The summed E-state index contributed by atoms with van der Waals surface area (Å²) in [6.07, 6.45) is -0.952. The Morgan fingerprint density at radius 2 is 1.46 bits per heavy atom. The number of nitrogens with zero attached hydrogens (tertiary/aromatic N) is 4. The van der Waals surface area contributed by atoms with E-state index in [9.17, 15) is 22.8 Å². The molecule has 2 amide bonds. The van der Waals surface area contributed by atoms with Gasteiger partial charge in [0.25, 0.3) is 11.8 Å². The Morgan fingerprint density at radius 3 is 2.08 bits per heavy atom. The molecular formula is C27H21F3N4O3. The number of ether oxygens (including phenoxy) is 1. The molecule has 0 fully saturated rings. The summed E-state index contributed by atoms with van der Waals surface area (Å²) in [6, 6.07) is 20.0. The molecule has 1 aromatic heterocycles. The molecule has 0 spiro atoms. The quantitative estimate of drug-likeness (QED) is 0.235. The molecule has 0 saturated heterocycles. The highest BCUT2D eigenvalue weighted by Crippen LogP contribution is 2.25. The van der Waals surface area contributed by atoms with Crippen molar-refractivity contribution in [1.82, 2.24) is 19.7 Å². The topological polar surface area (TPSA) is 77.3 Å². The van der Waals surface area contributed by atoms with Gasteiger partial charge in [-0.25, -0.2) is 9.67 Å². The zero-order valence-corrected chi connectivity index (χ0v) is 19.5.